The van der Waals surface area contributed by atoms with Gasteiger partial charge in [-0.3, -0.25) is 0 Å². The van der Waals surface area contributed by atoms with Crippen molar-refractivity contribution in [2.45, 2.75) is 65.0 Å². The Balaban J connectivity index is 1.76. The molecule has 0 bridgehead atoms. The first-order valence-electron chi connectivity index (χ1n) is 8.23. The van der Waals surface area contributed by atoms with Crippen LogP contribution in [0.5, 0.6) is 5.75 Å². The maximum absolute atomic E-state index is 6.38. The Bertz CT molecular complexity index is 499. The topological polar surface area (TPSA) is 21.3 Å². The van der Waals surface area contributed by atoms with Crippen LogP contribution in [0.1, 0.15) is 50.2 Å². The van der Waals surface area contributed by atoms with Gasteiger partial charge in [-0.15, -0.1) is 0 Å². The van der Waals surface area contributed by atoms with Gasteiger partial charge in [0, 0.05) is 22.9 Å². The fraction of sp³-hybridized carbons (Fsp3) is 0.667. The van der Waals surface area contributed by atoms with Crippen LogP contribution in [-0.2, 0) is 0 Å². The zero-order chi connectivity index (χ0) is 15.0. The van der Waals surface area contributed by atoms with E-state index in [2.05, 4.69) is 38.2 Å². The molecular formula is C18H26ClNO. The van der Waals surface area contributed by atoms with E-state index in [9.17, 15) is 0 Å². The van der Waals surface area contributed by atoms with E-state index in [1.54, 1.807) is 0 Å². The summed E-state index contributed by atoms with van der Waals surface area (Å²) in [5.41, 5.74) is 2.58. The van der Waals surface area contributed by atoms with Crippen LogP contribution in [0.3, 0.4) is 0 Å². The number of nitrogens with one attached hydrogen (secondary N) is 1. The van der Waals surface area contributed by atoms with Gasteiger partial charge in [-0.25, -0.2) is 0 Å². The monoisotopic (exact) mass is 307 g/mol. The first-order valence-corrected chi connectivity index (χ1v) is 8.61. The van der Waals surface area contributed by atoms with Gasteiger partial charge in [0.2, 0.25) is 0 Å². The first-order chi connectivity index (χ1) is 10.1. The summed E-state index contributed by atoms with van der Waals surface area (Å²) in [4.78, 5) is 0. The number of ether oxygens (including phenoxy) is 1. The largest absolute Gasteiger partial charge is 0.490 e. The molecule has 1 aromatic carbocycles. The third kappa shape index (κ3) is 2.57. The molecule has 0 saturated heterocycles. The molecule has 2 atom stereocenters. The third-order valence-electron chi connectivity index (χ3n) is 5.46. The van der Waals surface area contributed by atoms with Crippen LogP contribution >= 0.6 is 11.6 Å². The van der Waals surface area contributed by atoms with Gasteiger partial charge in [0.05, 0.1) is 0 Å². The molecule has 0 radical (unpaired) electrons. The minimum absolute atomic E-state index is 0.365. The summed E-state index contributed by atoms with van der Waals surface area (Å²) >= 11 is 6.25. The van der Waals surface area contributed by atoms with Crippen molar-refractivity contribution in [2.24, 2.45) is 5.41 Å². The fourth-order valence-corrected chi connectivity index (χ4v) is 4.40. The Labute approximate surface area is 133 Å². The molecule has 1 N–H and O–H groups in total. The lowest BCUT2D eigenvalue weighted by Crippen LogP contribution is -2.63. The number of rotatable bonds is 4. The Kier molecular flexibility index (Phi) is 4.20. The molecule has 1 aromatic rings. The van der Waals surface area contributed by atoms with Crippen LogP contribution in [0.2, 0.25) is 5.02 Å². The highest BCUT2D eigenvalue weighted by Gasteiger charge is 2.57. The van der Waals surface area contributed by atoms with E-state index in [1.807, 2.05) is 0 Å². The zero-order valence-electron chi connectivity index (χ0n) is 13.3. The Hall–Kier alpha value is -0.730. The minimum Gasteiger partial charge on any atom is -0.490 e. The van der Waals surface area contributed by atoms with Gasteiger partial charge in [-0.05, 0) is 56.5 Å². The van der Waals surface area contributed by atoms with Crippen LogP contribution in [0.15, 0.2) is 12.1 Å². The summed E-state index contributed by atoms with van der Waals surface area (Å²) in [6.07, 6.45) is 6.81. The predicted octanol–water partition coefficient (Wildman–Crippen LogP) is 4.65. The standard InChI is InChI=1S/C18H26ClNO/c1-4-20-15-11-16(18(15)7-5-6-8-18)21-14-9-12(2)17(19)13(3)10-14/h9-10,15-16,20H,4-8,11H2,1-3H3. The van der Waals surface area contributed by atoms with Gasteiger partial charge in [0.15, 0.2) is 0 Å². The highest BCUT2D eigenvalue weighted by molar-refractivity contribution is 6.32. The second-order valence-corrected chi connectivity index (χ2v) is 7.14. The van der Waals surface area contributed by atoms with Gasteiger partial charge in [-0.1, -0.05) is 31.4 Å². The van der Waals surface area contributed by atoms with E-state index < -0.39 is 0 Å². The second kappa shape index (κ2) is 5.81. The van der Waals surface area contributed by atoms with E-state index in [0.29, 0.717) is 17.6 Å². The summed E-state index contributed by atoms with van der Waals surface area (Å²) in [6.45, 7) is 7.35. The lowest BCUT2D eigenvalue weighted by atomic mass is 9.60. The normalized spacial score (nSPS) is 26.9. The van der Waals surface area contributed by atoms with Gasteiger partial charge in [-0.2, -0.15) is 0 Å². The second-order valence-electron chi connectivity index (χ2n) is 6.76. The molecular weight excluding hydrogens is 282 g/mol. The molecule has 2 saturated carbocycles. The summed E-state index contributed by atoms with van der Waals surface area (Å²) in [5, 5.41) is 4.52. The Morgan fingerprint density at radius 3 is 2.43 bits per heavy atom. The Morgan fingerprint density at radius 2 is 1.86 bits per heavy atom. The fourth-order valence-electron chi connectivity index (χ4n) is 4.29. The van der Waals surface area contributed by atoms with Crippen molar-refractivity contribution < 1.29 is 4.74 Å². The van der Waals surface area contributed by atoms with E-state index in [0.717, 1.165) is 34.9 Å². The number of hydrogen-bond donors (Lipinski definition) is 1. The van der Waals surface area contributed by atoms with E-state index in [-0.39, 0.29) is 0 Å². The summed E-state index contributed by atoms with van der Waals surface area (Å²) in [7, 11) is 0. The third-order valence-corrected chi connectivity index (χ3v) is 6.05. The van der Waals surface area contributed by atoms with Crippen LogP contribution in [0.4, 0.5) is 0 Å². The van der Waals surface area contributed by atoms with Gasteiger partial charge in [0.25, 0.3) is 0 Å². The van der Waals surface area contributed by atoms with Crippen molar-refractivity contribution in [1.29, 1.82) is 0 Å². The minimum atomic E-state index is 0.365. The van der Waals surface area contributed by atoms with Crippen LogP contribution in [0.25, 0.3) is 0 Å². The molecule has 3 heteroatoms. The van der Waals surface area contributed by atoms with Crippen LogP contribution in [0, 0.1) is 19.3 Å². The summed E-state index contributed by atoms with van der Waals surface area (Å²) < 4.78 is 6.38. The average molecular weight is 308 g/mol. The summed E-state index contributed by atoms with van der Waals surface area (Å²) in [6, 6.07) is 4.81. The van der Waals surface area contributed by atoms with Gasteiger partial charge in [0.1, 0.15) is 11.9 Å². The molecule has 0 aliphatic heterocycles. The lowest BCUT2D eigenvalue weighted by Gasteiger charge is -2.54. The molecule has 0 amide bonds. The predicted molar refractivity (Wildman–Crippen MR) is 88.3 cm³/mol. The molecule has 0 heterocycles. The molecule has 3 rings (SSSR count). The quantitative estimate of drug-likeness (QED) is 0.874. The average Bonchev–Trinajstić information content (AvgIpc) is 2.96. The molecule has 2 fully saturated rings. The van der Waals surface area contributed by atoms with Crippen molar-refractivity contribution in [2.75, 3.05) is 6.54 Å². The van der Waals surface area contributed by atoms with Crippen LogP contribution < -0.4 is 10.1 Å². The van der Waals surface area contributed by atoms with Crippen molar-refractivity contribution in [3.8, 4) is 5.75 Å². The number of aryl methyl sites for hydroxylation is 2. The summed E-state index contributed by atoms with van der Waals surface area (Å²) in [5.74, 6) is 0.987. The maximum atomic E-state index is 6.38. The smallest absolute Gasteiger partial charge is 0.120 e. The molecule has 21 heavy (non-hydrogen) atoms. The van der Waals surface area contributed by atoms with E-state index >= 15 is 0 Å². The Morgan fingerprint density at radius 1 is 1.24 bits per heavy atom. The zero-order valence-corrected chi connectivity index (χ0v) is 14.1. The molecule has 0 aromatic heterocycles. The van der Waals surface area contributed by atoms with Gasteiger partial charge >= 0.3 is 0 Å². The highest BCUT2D eigenvalue weighted by atomic mass is 35.5. The maximum Gasteiger partial charge on any atom is 0.120 e. The van der Waals surface area contributed by atoms with E-state index in [1.165, 1.54) is 25.7 Å². The van der Waals surface area contributed by atoms with Crippen molar-refractivity contribution in [1.82, 2.24) is 5.32 Å². The van der Waals surface area contributed by atoms with Crippen LogP contribution in [-0.4, -0.2) is 18.7 Å². The number of hydrogen-bond acceptors (Lipinski definition) is 2. The molecule has 2 unspecified atom stereocenters. The lowest BCUT2D eigenvalue weighted by molar-refractivity contribution is -0.0755. The van der Waals surface area contributed by atoms with Gasteiger partial charge < -0.3 is 10.1 Å². The molecule has 1 spiro atoms. The van der Waals surface area contributed by atoms with Crippen molar-refractivity contribution in [3.63, 3.8) is 0 Å². The first kappa shape index (κ1) is 15.2. The van der Waals surface area contributed by atoms with E-state index in [4.69, 9.17) is 16.3 Å². The molecule has 2 aliphatic carbocycles. The highest BCUT2D eigenvalue weighted by Crippen LogP contribution is 2.54. The number of halogens is 1. The molecule has 116 valence electrons. The number of benzene rings is 1. The molecule has 2 nitrogen and oxygen atoms in total. The van der Waals surface area contributed by atoms with Crippen molar-refractivity contribution >= 4 is 11.6 Å². The SMILES string of the molecule is CCNC1CC(Oc2cc(C)c(Cl)c(C)c2)C12CCCC2. The van der Waals surface area contributed by atoms with Crippen molar-refractivity contribution in [3.05, 3.63) is 28.3 Å². The molecule has 2 aliphatic rings.